The van der Waals surface area contributed by atoms with E-state index in [1.54, 1.807) is 24.3 Å². The second-order valence-electron chi connectivity index (χ2n) is 6.34. The number of Topliss-reactive ketones (excluding diaryl/α,β-unsaturated/α-hetero) is 1. The maximum Gasteiger partial charge on any atom is 0.516 e. The highest BCUT2D eigenvalue weighted by Crippen LogP contribution is 2.40. The molecule has 2 atom stereocenters. The van der Waals surface area contributed by atoms with E-state index in [0.29, 0.717) is 11.1 Å². The third kappa shape index (κ3) is 5.17. The Labute approximate surface area is 170 Å². The predicted molar refractivity (Wildman–Crippen MR) is 99.2 cm³/mol. The molecule has 1 heterocycles. The number of non-ortho nitro benzene ring substituents is 1. The van der Waals surface area contributed by atoms with E-state index in [-0.39, 0.29) is 30.1 Å². The lowest BCUT2D eigenvalue weighted by Crippen LogP contribution is -2.16. The Morgan fingerprint density at radius 2 is 1.57 bits per heavy atom. The molecule has 10 heteroatoms. The first kappa shape index (κ1) is 20.9. The summed E-state index contributed by atoms with van der Waals surface area (Å²) in [5.74, 6) is -0.724. The molecule has 1 aliphatic heterocycles. The fourth-order valence-electron chi connectivity index (χ4n) is 2.68. The van der Waals surface area contributed by atoms with Gasteiger partial charge < -0.3 is 19.0 Å². The van der Waals surface area contributed by atoms with Crippen molar-refractivity contribution >= 4 is 23.6 Å². The molecule has 30 heavy (non-hydrogen) atoms. The van der Waals surface area contributed by atoms with Crippen molar-refractivity contribution in [2.75, 3.05) is 0 Å². The van der Waals surface area contributed by atoms with Crippen molar-refractivity contribution in [1.82, 2.24) is 0 Å². The van der Waals surface area contributed by atoms with Gasteiger partial charge in [-0.2, -0.15) is 0 Å². The van der Waals surface area contributed by atoms with E-state index in [1.807, 2.05) is 0 Å². The topological polar surface area (TPSA) is 131 Å². The number of nitro benzene ring substituents is 1. The van der Waals surface area contributed by atoms with Gasteiger partial charge in [-0.3, -0.25) is 19.6 Å². The van der Waals surface area contributed by atoms with E-state index in [2.05, 4.69) is 0 Å². The molecule has 0 aliphatic carbocycles. The van der Waals surface area contributed by atoms with Crippen molar-refractivity contribution < 1.29 is 38.3 Å². The lowest BCUT2D eigenvalue weighted by molar-refractivity contribution is -0.384. The normalized spacial score (nSPS) is 17.0. The van der Waals surface area contributed by atoms with Gasteiger partial charge in [0.2, 0.25) is 12.6 Å². The predicted octanol–water partition coefficient (Wildman–Crippen LogP) is 3.75. The van der Waals surface area contributed by atoms with E-state index in [4.69, 9.17) is 18.9 Å². The molecule has 10 nitrogen and oxygen atoms in total. The van der Waals surface area contributed by atoms with Crippen LogP contribution in [0.25, 0.3) is 0 Å². The van der Waals surface area contributed by atoms with Crippen LogP contribution in [0.4, 0.5) is 10.5 Å². The van der Waals surface area contributed by atoms with Crippen LogP contribution in [0.2, 0.25) is 0 Å². The average molecular weight is 415 g/mol. The van der Waals surface area contributed by atoms with Crippen LogP contribution in [-0.4, -0.2) is 22.8 Å². The SMILES string of the molecule is CC(=O)CCC(=O)OC1OC(OC(=O)Oc2ccc([N+](=O)[O-])cc2)c2ccccc21. The number of hydrogen-bond donors (Lipinski definition) is 0. The van der Waals surface area contributed by atoms with Gasteiger partial charge in [-0.25, -0.2) is 4.79 Å². The molecule has 2 aromatic carbocycles. The summed E-state index contributed by atoms with van der Waals surface area (Å²) in [7, 11) is 0. The van der Waals surface area contributed by atoms with Crippen LogP contribution < -0.4 is 4.74 Å². The number of carbonyl (C=O) groups is 3. The van der Waals surface area contributed by atoms with Crippen LogP contribution in [0.3, 0.4) is 0 Å². The summed E-state index contributed by atoms with van der Waals surface area (Å²) in [6.07, 6.45) is -3.43. The molecule has 156 valence electrons. The molecule has 2 aromatic rings. The van der Waals surface area contributed by atoms with Crippen molar-refractivity contribution in [3.8, 4) is 5.75 Å². The number of carbonyl (C=O) groups excluding carboxylic acids is 3. The quantitative estimate of drug-likeness (QED) is 0.287. The van der Waals surface area contributed by atoms with Crippen molar-refractivity contribution in [3.05, 3.63) is 69.8 Å². The Morgan fingerprint density at radius 3 is 2.13 bits per heavy atom. The highest BCUT2D eigenvalue weighted by molar-refractivity contribution is 5.81. The molecule has 0 aromatic heterocycles. The van der Waals surface area contributed by atoms with Gasteiger partial charge in [0.1, 0.15) is 11.5 Å². The molecule has 0 spiro atoms. The number of nitro groups is 1. The van der Waals surface area contributed by atoms with Crippen molar-refractivity contribution in [1.29, 1.82) is 0 Å². The van der Waals surface area contributed by atoms with Crippen LogP contribution in [0.1, 0.15) is 43.5 Å². The van der Waals surface area contributed by atoms with Crippen molar-refractivity contribution in [2.45, 2.75) is 32.3 Å². The lowest BCUT2D eigenvalue weighted by Gasteiger charge is -2.15. The Hall–Kier alpha value is -3.79. The first-order chi connectivity index (χ1) is 14.3. The van der Waals surface area contributed by atoms with Crippen LogP contribution in [0.15, 0.2) is 48.5 Å². The molecule has 0 saturated heterocycles. The molecular formula is C20H17NO9. The maximum atomic E-state index is 12.1. The number of fused-ring (bicyclic) bond motifs is 1. The van der Waals surface area contributed by atoms with E-state index in [0.717, 1.165) is 0 Å². The molecule has 1 aliphatic rings. The summed E-state index contributed by atoms with van der Waals surface area (Å²) < 4.78 is 20.9. The molecular weight excluding hydrogens is 398 g/mol. The molecule has 3 rings (SSSR count). The number of nitrogens with zero attached hydrogens (tertiary/aromatic N) is 1. The van der Waals surface area contributed by atoms with Gasteiger partial charge in [0.15, 0.2) is 0 Å². The van der Waals surface area contributed by atoms with Gasteiger partial charge in [-0.15, -0.1) is 0 Å². The van der Waals surface area contributed by atoms with Crippen LogP contribution in [-0.2, 0) is 23.8 Å². The highest BCUT2D eigenvalue weighted by atomic mass is 16.8. The summed E-state index contributed by atoms with van der Waals surface area (Å²) in [4.78, 5) is 45.1. The highest BCUT2D eigenvalue weighted by Gasteiger charge is 2.37. The van der Waals surface area contributed by atoms with E-state index in [1.165, 1.54) is 31.2 Å². The molecule has 0 bridgehead atoms. The molecule has 0 amide bonds. The van der Waals surface area contributed by atoms with Crippen molar-refractivity contribution in [2.24, 2.45) is 0 Å². The molecule has 0 saturated carbocycles. The first-order valence-corrected chi connectivity index (χ1v) is 8.89. The standard InChI is InChI=1S/C20H17NO9/c1-12(22)6-11-17(23)28-18-15-4-2-3-5-16(15)19(29-18)30-20(24)27-14-9-7-13(8-10-14)21(25)26/h2-5,7-10,18-19H,6,11H2,1H3. The third-order valence-electron chi connectivity index (χ3n) is 4.12. The maximum absolute atomic E-state index is 12.1. The van der Waals surface area contributed by atoms with Gasteiger partial charge in [0.25, 0.3) is 5.69 Å². The van der Waals surface area contributed by atoms with Gasteiger partial charge in [0.05, 0.1) is 11.3 Å². The van der Waals surface area contributed by atoms with E-state index in [9.17, 15) is 24.5 Å². The minimum Gasteiger partial charge on any atom is -0.431 e. The fraction of sp³-hybridized carbons (Fsp3) is 0.250. The van der Waals surface area contributed by atoms with Gasteiger partial charge >= 0.3 is 12.1 Å². The van der Waals surface area contributed by atoms with E-state index < -0.39 is 29.6 Å². The van der Waals surface area contributed by atoms with Crippen molar-refractivity contribution in [3.63, 3.8) is 0 Å². The molecule has 2 unspecified atom stereocenters. The number of benzene rings is 2. The number of ether oxygens (including phenoxy) is 4. The number of esters is 1. The molecule has 0 N–H and O–H groups in total. The minimum atomic E-state index is -1.18. The molecule has 0 fully saturated rings. The van der Waals surface area contributed by atoms with Gasteiger partial charge in [-0.05, 0) is 19.1 Å². The van der Waals surface area contributed by atoms with Crippen LogP contribution in [0.5, 0.6) is 5.75 Å². The fourth-order valence-corrected chi connectivity index (χ4v) is 2.68. The third-order valence-corrected chi connectivity index (χ3v) is 4.12. The van der Waals surface area contributed by atoms with Crippen LogP contribution >= 0.6 is 0 Å². The van der Waals surface area contributed by atoms with Crippen LogP contribution in [0, 0.1) is 10.1 Å². The zero-order valence-electron chi connectivity index (χ0n) is 15.8. The lowest BCUT2D eigenvalue weighted by atomic mass is 10.1. The first-order valence-electron chi connectivity index (χ1n) is 8.89. The molecule has 0 radical (unpaired) electrons. The monoisotopic (exact) mass is 415 g/mol. The second-order valence-corrected chi connectivity index (χ2v) is 6.34. The smallest absolute Gasteiger partial charge is 0.431 e. The largest absolute Gasteiger partial charge is 0.516 e. The Morgan fingerprint density at radius 1 is 0.967 bits per heavy atom. The Kier molecular flexibility index (Phi) is 6.38. The minimum absolute atomic E-state index is 0.0455. The van der Waals surface area contributed by atoms with Gasteiger partial charge in [-0.1, -0.05) is 24.3 Å². The summed E-state index contributed by atoms with van der Waals surface area (Å²) in [6, 6.07) is 11.6. The van der Waals surface area contributed by atoms with Gasteiger partial charge in [0, 0.05) is 29.7 Å². The summed E-state index contributed by atoms with van der Waals surface area (Å²) >= 11 is 0. The summed E-state index contributed by atoms with van der Waals surface area (Å²) in [5.41, 5.74) is 0.822. The summed E-state index contributed by atoms with van der Waals surface area (Å²) in [6.45, 7) is 1.37. The number of hydrogen-bond acceptors (Lipinski definition) is 9. The Bertz CT molecular complexity index is 970. The second kappa shape index (κ2) is 9.14. The van der Waals surface area contributed by atoms with E-state index >= 15 is 0 Å². The zero-order chi connectivity index (χ0) is 21.7. The zero-order valence-corrected chi connectivity index (χ0v) is 15.8. The summed E-state index contributed by atoms with van der Waals surface area (Å²) in [5, 5.41) is 10.7. The number of rotatable bonds is 7. The average Bonchev–Trinajstić information content (AvgIpc) is 3.04. The Balaban J connectivity index is 1.63. The number of ketones is 1.